The van der Waals surface area contributed by atoms with E-state index in [1.165, 1.54) is 12.8 Å². The van der Waals surface area contributed by atoms with Gasteiger partial charge in [0.25, 0.3) is 0 Å². The Labute approximate surface area is 130 Å². The first-order valence-electron chi connectivity index (χ1n) is 7.61. The number of thioether (sulfide) groups is 1. The highest BCUT2D eigenvalue weighted by Gasteiger charge is 2.22. The lowest BCUT2D eigenvalue weighted by molar-refractivity contribution is 0.476. The molecule has 0 spiro atoms. The van der Waals surface area contributed by atoms with Crippen molar-refractivity contribution in [2.75, 3.05) is 18.1 Å². The summed E-state index contributed by atoms with van der Waals surface area (Å²) in [6.07, 6.45) is 6.26. The van der Waals surface area contributed by atoms with Crippen LogP contribution in [0.1, 0.15) is 31.4 Å². The van der Waals surface area contributed by atoms with Gasteiger partial charge in [0.05, 0.1) is 4.90 Å². The summed E-state index contributed by atoms with van der Waals surface area (Å²) in [7, 11) is -3.38. The molecule has 1 aliphatic heterocycles. The quantitative estimate of drug-likeness (QED) is 0.712. The average Bonchev–Trinajstić information content (AvgIpc) is 3.20. The molecule has 21 heavy (non-hydrogen) atoms. The summed E-state index contributed by atoms with van der Waals surface area (Å²) in [5, 5.41) is 3.37. The van der Waals surface area contributed by atoms with Crippen LogP contribution in [0.15, 0.2) is 17.2 Å². The number of nitrogens with one attached hydrogen (secondary N) is 3. The van der Waals surface area contributed by atoms with Crippen molar-refractivity contribution in [1.82, 2.24) is 15.0 Å². The van der Waals surface area contributed by atoms with Gasteiger partial charge in [-0.3, -0.25) is 0 Å². The second-order valence-corrected chi connectivity index (χ2v) is 8.92. The zero-order valence-electron chi connectivity index (χ0n) is 12.1. The molecule has 3 rings (SSSR count). The highest BCUT2D eigenvalue weighted by molar-refractivity contribution is 7.99. The molecule has 1 aromatic heterocycles. The fourth-order valence-electron chi connectivity index (χ4n) is 2.48. The van der Waals surface area contributed by atoms with Crippen molar-refractivity contribution in [3.63, 3.8) is 0 Å². The summed E-state index contributed by atoms with van der Waals surface area (Å²) < 4.78 is 27.3. The first-order valence-corrected chi connectivity index (χ1v) is 10.3. The van der Waals surface area contributed by atoms with Crippen LogP contribution in [-0.2, 0) is 16.6 Å². The molecule has 5 nitrogen and oxygen atoms in total. The van der Waals surface area contributed by atoms with E-state index >= 15 is 0 Å². The number of aromatic nitrogens is 1. The van der Waals surface area contributed by atoms with Crippen LogP contribution in [0, 0.1) is 5.92 Å². The van der Waals surface area contributed by atoms with E-state index in [0.717, 1.165) is 30.0 Å². The van der Waals surface area contributed by atoms with Gasteiger partial charge in [-0.25, -0.2) is 13.1 Å². The summed E-state index contributed by atoms with van der Waals surface area (Å²) >= 11 is 1.96. The van der Waals surface area contributed by atoms with Crippen LogP contribution in [0.3, 0.4) is 0 Å². The molecular formula is C14H23N3O2S2. The van der Waals surface area contributed by atoms with Crippen molar-refractivity contribution in [2.45, 2.75) is 43.2 Å². The zero-order chi connectivity index (χ0) is 14.7. The number of aromatic amines is 1. The van der Waals surface area contributed by atoms with Crippen LogP contribution in [-0.4, -0.2) is 37.5 Å². The van der Waals surface area contributed by atoms with E-state index in [-0.39, 0.29) is 0 Å². The summed E-state index contributed by atoms with van der Waals surface area (Å²) in [5.74, 6) is 2.78. The molecule has 0 unspecified atom stereocenters. The predicted octanol–water partition coefficient (Wildman–Crippen LogP) is 1.69. The molecule has 2 aliphatic rings. The highest BCUT2D eigenvalue weighted by atomic mass is 32.2. The minimum atomic E-state index is -3.38. The van der Waals surface area contributed by atoms with Gasteiger partial charge in [0.15, 0.2) is 0 Å². The van der Waals surface area contributed by atoms with Crippen LogP contribution < -0.4 is 10.0 Å². The topological polar surface area (TPSA) is 74.0 Å². The summed E-state index contributed by atoms with van der Waals surface area (Å²) in [6.45, 7) is 1.27. The van der Waals surface area contributed by atoms with Gasteiger partial charge in [0, 0.05) is 31.0 Å². The lowest BCUT2D eigenvalue weighted by Crippen LogP contribution is -2.30. The normalized spacial score (nSPS) is 20.8. The summed E-state index contributed by atoms with van der Waals surface area (Å²) in [6, 6.07) is 2.35. The van der Waals surface area contributed by atoms with Crippen LogP contribution in [0.5, 0.6) is 0 Å². The van der Waals surface area contributed by atoms with Crippen molar-refractivity contribution in [1.29, 1.82) is 0 Å². The Morgan fingerprint density at radius 3 is 2.71 bits per heavy atom. The largest absolute Gasteiger partial charge is 0.363 e. The Morgan fingerprint density at radius 2 is 2.00 bits per heavy atom. The number of rotatable bonds is 7. The van der Waals surface area contributed by atoms with Crippen LogP contribution in [0.25, 0.3) is 0 Å². The molecule has 1 saturated heterocycles. The monoisotopic (exact) mass is 329 g/mol. The Hall–Kier alpha value is -0.500. The maximum absolute atomic E-state index is 12.3. The Bertz CT molecular complexity index is 561. The fraction of sp³-hybridized carbons (Fsp3) is 0.714. The van der Waals surface area contributed by atoms with E-state index in [1.54, 1.807) is 12.3 Å². The number of H-pyrrole nitrogens is 1. The molecule has 1 aliphatic carbocycles. The fourth-order valence-corrected chi connectivity index (χ4v) is 4.82. The second kappa shape index (κ2) is 6.73. The number of hydrogen-bond donors (Lipinski definition) is 3. The van der Waals surface area contributed by atoms with Crippen molar-refractivity contribution in [3.8, 4) is 0 Å². The molecule has 118 valence electrons. The van der Waals surface area contributed by atoms with Crippen molar-refractivity contribution < 1.29 is 8.42 Å². The smallest absolute Gasteiger partial charge is 0.242 e. The molecule has 1 aromatic rings. The zero-order valence-corrected chi connectivity index (χ0v) is 13.7. The average molecular weight is 329 g/mol. The molecule has 0 radical (unpaired) electrons. The predicted molar refractivity (Wildman–Crippen MR) is 85.9 cm³/mol. The van der Waals surface area contributed by atoms with Gasteiger partial charge < -0.3 is 10.3 Å². The van der Waals surface area contributed by atoms with E-state index in [4.69, 9.17) is 0 Å². The molecule has 1 saturated carbocycles. The Morgan fingerprint density at radius 1 is 1.24 bits per heavy atom. The van der Waals surface area contributed by atoms with Crippen LogP contribution >= 0.6 is 11.8 Å². The van der Waals surface area contributed by atoms with E-state index in [2.05, 4.69) is 15.0 Å². The van der Waals surface area contributed by atoms with Crippen molar-refractivity contribution in [3.05, 3.63) is 18.0 Å². The Balaban J connectivity index is 1.53. The molecule has 2 fully saturated rings. The maximum Gasteiger partial charge on any atom is 0.242 e. The minimum Gasteiger partial charge on any atom is -0.363 e. The molecule has 7 heteroatoms. The molecule has 0 aromatic carbocycles. The lowest BCUT2D eigenvalue weighted by Gasteiger charge is -2.21. The van der Waals surface area contributed by atoms with E-state index < -0.39 is 10.0 Å². The van der Waals surface area contributed by atoms with E-state index in [0.29, 0.717) is 29.9 Å². The first kappa shape index (κ1) is 15.4. The second-order valence-electron chi connectivity index (χ2n) is 5.92. The van der Waals surface area contributed by atoms with Crippen LogP contribution in [0.2, 0.25) is 0 Å². The van der Waals surface area contributed by atoms with Gasteiger partial charge in [0.2, 0.25) is 10.0 Å². The third-order valence-electron chi connectivity index (χ3n) is 4.09. The standard InChI is InChI=1S/C14H23N3O2S2/c18-21(19,17-8-11-3-5-20-6-4-11)14-7-13(16-10-14)9-15-12-1-2-12/h7,10-12,15-17H,1-6,8-9H2. The lowest BCUT2D eigenvalue weighted by atomic mass is 10.0. The summed E-state index contributed by atoms with van der Waals surface area (Å²) in [4.78, 5) is 3.40. The number of hydrogen-bond acceptors (Lipinski definition) is 4. The Kier molecular flexibility index (Phi) is 4.93. The van der Waals surface area contributed by atoms with Gasteiger partial charge >= 0.3 is 0 Å². The highest BCUT2D eigenvalue weighted by Crippen LogP contribution is 2.23. The van der Waals surface area contributed by atoms with Crippen LogP contribution in [0.4, 0.5) is 0 Å². The van der Waals surface area contributed by atoms with E-state index in [9.17, 15) is 8.42 Å². The van der Waals surface area contributed by atoms with Gasteiger partial charge in [-0.1, -0.05) is 0 Å². The van der Waals surface area contributed by atoms with Gasteiger partial charge in [0.1, 0.15) is 0 Å². The van der Waals surface area contributed by atoms with Gasteiger partial charge in [-0.2, -0.15) is 11.8 Å². The van der Waals surface area contributed by atoms with Crippen molar-refractivity contribution >= 4 is 21.8 Å². The molecular weight excluding hydrogens is 306 g/mol. The third-order valence-corrected chi connectivity index (χ3v) is 6.54. The third kappa shape index (κ3) is 4.48. The molecule has 3 N–H and O–H groups in total. The SMILES string of the molecule is O=S(=O)(NCC1CCSCC1)c1c[nH]c(CNC2CC2)c1. The van der Waals surface area contributed by atoms with E-state index in [1.807, 2.05) is 11.8 Å². The molecule has 0 atom stereocenters. The minimum absolute atomic E-state index is 0.347. The molecule has 2 heterocycles. The molecule has 0 bridgehead atoms. The number of sulfonamides is 1. The van der Waals surface area contributed by atoms with Gasteiger partial charge in [-0.05, 0) is 49.2 Å². The summed E-state index contributed by atoms with van der Waals surface area (Å²) in [5.41, 5.74) is 0.927. The first-order chi connectivity index (χ1) is 10.1. The van der Waals surface area contributed by atoms with Crippen molar-refractivity contribution in [2.24, 2.45) is 5.92 Å². The maximum atomic E-state index is 12.3. The molecule has 0 amide bonds. The van der Waals surface area contributed by atoms with Gasteiger partial charge in [-0.15, -0.1) is 0 Å².